The molecule has 0 fully saturated rings. The van der Waals surface area contributed by atoms with Crippen LogP contribution in [0.25, 0.3) is 0 Å². The van der Waals surface area contributed by atoms with E-state index in [1.54, 1.807) is 12.4 Å². The van der Waals surface area contributed by atoms with Crippen molar-refractivity contribution in [2.45, 2.75) is 13.5 Å². The van der Waals surface area contributed by atoms with Crippen LogP contribution in [0.4, 0.5) is 0 Å². The van der Waals surface area contributed by atoms with E-state index in [2.05, 4.69) is 22.1 Å². The smallest absolute Gasteiger partial charge is 0.142 e. The van der Waals surface area contributed by atoms with Crippen LogP contribution < -0.4 is 10.1 Å². The highest BCUT2D eigenvalue weighted by Crippen LogP contribution is 2.15. The van der Waals surface area contributed by atoms with E-state index in [0.29, 0.717) is 6.61 Å². The minimum Gasteiger partial charge on any atom is -0.490 e. The maximum atomic E-state index is 5.70. The van der Waals surface area contributed by atoms with Crippen molar-refractivity contribution in [2.75, 3.05) is 33.8 Å². The molecule has 90 valence electrons. The van der Waals surface area contributed by atoms with Gasteiger partial charge in [0.1, 0.15) is 12.4 Å². The highest BCUT2D eigenvalue weighted by Gasteiger charge is 2.02. The molecular formula is C12H21N3O. The van der Waals surface area contributed by atoms with Gasteiger partial charge in [-0.15, -0.1) is 0 Å². The number of ether oxygens (including phenoxy) is 1. The Labute approximate surface area is 97.6 Å². The fraction of sp³-hybridized carbons (Fsp3) is 0.583. The minimum absolute atomic E-state index is 0.692. The van der Waals surface area contributed by atoms with Crippen LogP contribution in [-0.4, -0.2) is 43.7 Å². The van der Waals surface area contributed by atoms with E-state index in [1.165, 1.54) is 0 Å². The number of aromatic nitrogens is 1. The van der Waals surface area contributed by atoms with Gasteiger partial charge in [-0.2, -0.15) is 0 Å². The van der Waals surface area contributed by atoms with Crippen LogP contribution in [0, 0.1) is 0 Å². The molecule has 1 rings (SSSR count). The van der Waals surface area contributed by atoms with Gasteiger partial charge in [0.05, 0.1) is 6.20 Å². The molecule has 0 saturated carbocycles. The summed E-state index contributed by atoms with van der Waals surface area (Å²) in [6.45, 7) is 5.48. The Kier molecular flexibility index (Phi) is 5.82. The number of hydrogen-bond donors (Lipinski definition) is 1. The first kappa shape index (κ1) is 12.9. The number of rotatable bonds is 7. The molecule has 0 aliphatic rings. The Morgan fingerprint density at radius 3 is 2.94 bits per heavy atom. The van der Waals surface area contributed by atoms with E-state index in [9.17, 15) is 0 Å². The molecule has 0 atom stereocenters. The zero-order valence-corrected chi connectivity index (χ0v) is 10.4. The third-order valence-electron chi connectivity index (χ3n) is 2.23. The van der Waals surface area contributed by atoms with Crippen LogP contribution in [0.15, 0.2) is 18.5 Å². The van der Waals surface area contributed by atoms with E-state index >= 15 is 0 Å². The molecule has 0 amide bonds. The first-order chi connectivity index (χ1) is 7.74. The molecular weight excluding hydrogens is 202 g/mol. The lowest BCUT2D eigenvalue weighted by Crippen LogP contribution is -2.20. The first-order valence-electron chi connectivity index (χ1n) is 5.65. The molecule has 1 aromatic rings. The molecule has 4 nitrogen and oxygen atoms in total. The van der Waals surface area contributed by atoms with E-state index in [4.69, 9.17) is 4.74 Å². The molecule has 4 heteroatoms. The van der Waals surface area contributed by atoms with Crippen LogP contribution >= 0.6 is 0 Å². The molecule has 0 spiro atoms. The summed E-state index contributed by atoms with van der Waals surface area (Å²) in [5.41, 5.74) is 1.16. The number of hydrogen-bond acceptors (Lipinski definition) is 4. The molecule has 0 aromatic carbocycles. The largest absolute Gasteiger partial charge is 0.490 e. The fourth-order valence-corrected chi connectivity index (χ4v) is 1.28. The van der Waals surface area contributed by atoms with Crippen molar-refractivity contribution in [1.29, 1.82) is 0 Å². The third-order valence-corrected chi connectivity index (χ3v) is 2.23. The van der Waals surface area contributed by atoms with E-state index < -0.39 is 0 Å². The number of nitrogens with zero attached hydrogens (tertiary/aromatic N) is 2. The summed E-state index contributed by atoms with van der Waals surface area (Å²) in [7, 11) is 4.07. The van der Waals surface area contributed by atoms with Crippen molar-refractivity contribution in [1.82, 2.24) is 15.2 Å². The molecule has 0 unspecified atom stereocenters. The van der Waals surface area contributed by atoms with Gasteiger partial charge in [0.2, 0.25) is 0 Å². The van der Waals surface area contributed by atoms with Crippen LogP contribution in [0.3, 0.4) is 0 Å². The number of likely N-dealkylation sites (N-methyl/N-ethyl adjacent to an activating group) is 1. The predicted octanol–water partition coefficient (Wildman–Crippen LogP) is 1.13. The lowest BCUT2D eigenvalue weighted by molar-refractivity contribution is 0.258. The van der Waals surface area contributed by atoms with Crippen molar-refractivity contribution < 1.29 is 4.74 Å². The van der Waals surface area contributed by atoms with Crippen molar-refractivity contribution in [2.24, 2.45) is 0 Å². The monoisotopic (exact) mass is 223 g/mol. The van der Waals surface area contributed by atoms with Crippen LogP contribution in [-0.2, 0) is 6.54 Å². The van der Waals surface area contributed by atoms with Crippen LogP contribution in [0.2, 0.25) is 0 Å². The highest BCUT2D eigenvalue weighted by molar-refractivity contribution is 5.29. The Balaban J connectivity index is 2.49. The lowest BCUT2D eigenvalue weighted by atomic mass is 10.2. The molecule has 0 aliphatic heterocycles. The second-order valence-corrected chi connectivity index (χ2v) is 3.92. The van der Waals surface area contributed by atoms with Gasteiger partial charge in [-0.1, -0.05) is 6.92 Å². The lowest BCUT2D eigenvalue weighted by Gasteiger charge is -2.13. The Hall–Kier alpha value is -1.13. The van der Waals surface area contributed by atoms with E-state index in [0.717, 1.165) is 30.9 Å². The maximum absolute atomic E-state index is 5.70. The zero-order valence-electron chi connectivity index (χ0n) is 10.4. The normalized spacial score (nSPS) is 10.8. The average molecular weight is 223 g/mol. The summed E-state index contributed by atoms with van der Waals surface area (Å²) >= 11 is 0. The Bertz CT molecular complexity index is 302. The van der Waals surface area contributed by atoms with Crippen molar-refractivity contribution in [3.63, 3.8) is 0 Å². The van der Waals surface area contributed by atoms with Crippen LogP contribution in [0.1, 0.15) is 12.5 Å². The Morgan fingerprint density at radius 2 is 2.25 bits per heavy atom. The van der Waals surface area contributed by atoms with Gasteiger partial charge in [0.15, 0.2) is 0 Å². The van der Waals surface area contributed by atoms with Gasteiger partial charge in [-0.25, -0.2) is 0 Å². The van der Waals surface area contributed by atoms with Crippen LogP contribution in [0.5, 0.6) is 5.75 Å². The molecule has 0 radical (unpaired) electrons. The minimum atomic E-state index is 0.692. The van der Waals surface area contributed by atoms with Gasteiger partial charge >= 0.3 is 0 Å². The standard InChI is InChI=1S/C12H21N3O/c1-4-13-9-11-5-6-14-10-12(11)16-8-7-15(2)3/h5-6,10,13H,4,7-9H2,1-3H3. The second kappa shape index (κ2) is 7.19. The number of pyridine rings is 1. The first-order valence-corrected chi connectivity index (χ1v) is 5.65. The van der Waals surface area contributed by atoms with E-state index in [-0.39, 0.29) is 0 Å². The quantitative estimate of drug-likeness (QED) is 0.752. The SMILES string of the molecule is CCNCc1ccncc1OCCN(C)C. The van der Waals surface area contributed by atoms with Gasteiger partial charge < -0.3 is 15.0 Å². The molecule has 1 heterocycles. The third kappa shape index (κ3) is 4.59. The van der Waals surface area contributed by atoms with Crippen molar-refractivity contribution in [3.8, 4) is 5.75 Å². The Morgan fingerprint density at radius 1 is 1.44 bits per heavy atom. The predicted molar refractivity (Wildman–Crippen MR) is 65.7 cm³/mol. The van der Waals surface area contributed by atoms with Gasteiger partial charge in [-0.3, -0.25) is 4.98 Å². The van der Waals surface area contributed by atoms with Crippen molar-refractivity contribution in [3.05, 3.63) is 24.0 Å². The van der Waals surface area contributed by atoms with E-state index in [1.807, 2.05) is 20.2 Å². The summed E-state index contributed by atoms with van der Waals surface area (Å²) in [6.07, 6.45) is 3.58. The maximum Gasteiger partial charge on any atom is 0.142 e. The molecule has 0 saturated heterocycles. The highest BCUT2D eigenvalue weighted by atomic mass is 16.5. The molecule has 0 bridgehead atoms. The average Bonchev–Trinajstić information content (AvgIpc) is 2.27. The zero-order chi connectivity index (χ0) is 11.8. The molecule has 1 aromatic heterocycles. The summed E-state index contributed by atoms with van der Waals surface area (Å²) in [6, 6.07) is 1.99. The summed E-state index contributed by atoms with van der Waals surface area (Å²) in [5, 5.41) is 3.29. The van der Waals surface area contributed by atoms with Gasteiger partial charge in [0, 0.05) is 24.8 Å². The molecule has 16 heavy (non-hydrogen) atoms. The molecule has 0 aliphatic carbocycles. The summed E-state index contributed by atoms with van der Waals surface area (Å²) in [5.74, 6) is 0.880. The van der Waals surface area contributed by atoms with Gasteiger partial charge in [0.25, 0.3) is 0 Å². The van der Waals surface area contributed by atoms with Gasteiger partial charge in [-0.05, 0) is 26.7 Å². The topological polar surface area (TPSA) is 37.4 Å². The number of nitrogens with one attached hydrogen (secondary N) is 1. The fourth-order valence-electron chi connectivity index (χ4n) is 1.28. The summed E-state index contributed by atoms with van der Waals surface area (Å²) < 4.78 is 5.70. The summed E-state index contributed by atoms with van der Waals surface area (Å²) in [4.78, 5) is 6.18. The second-order valence-electron chi connectivity index (χ2n) is 3.92. The van der Waals surface area contributed by atoms with Crippen molar-refractivity contribution >= 4 is 0 Å². The molecule has 1 N–H and O–H groups in total.